The molecule has 0 radical (unpaired) electrons. The quantitative estimate of drug-likeness (QED) is 0.437. The zero-order chi connectivity index (χ0) is 19.1. The van der Waals surface area contributed by atoms with Gasteiger partial charge in [0.1, 0.15) is 0 Å². The fourth-order valence-corrected chi connectivity index (χ4v) is 4.43. The van der Waals surface area contributed by atoms with E-state index >= 15 is 0 Å². The summed E-state index contributed by atoms with van der Waals surface area (Å²) in [6, 6.07) is 13.7. The van der Waals surface area contributed by atoms with Crippen LogP contribution in [-0.4, -0.2) is 0 Å². The maximum absolute atomic E-state index is 14.9. The Balaban J connectivity index is 1.72. The predicted octanol–water partition coefficient (Wildman–Crippen LogP) is 7.70. The number of hydrogen-bond acceptors (Lipinski definition) is 0. The molecule has 0 N–H and O–H groups in total. The molecule has 0 saturated heterocycles. The maximum atomic E-state index is 14.9. The molecule has 0 bridgehead atoms. The molecule has 1 fully saturated rings. The highest BCUT2D eigenvalue weighted by atomic mass is 19.2. The summed E-state index contributed by atoms with van der Waals surface area (Å²) < 4.78 is 29.7. The van der Waals surface area contributed by atoms with Gasteiger partial charge in [-0.1, -0.05) is 56.2 Å². The minimum Gasteiger partial charge on any atom is -0.203 e. The van der Waals surface area contributed by atoms with E-state index in [2.05, 4.69) is 19.1 Å². The molecule has 27 heavy (non-hydrogen) atoms. The van der Waals surface area contributed by atoms with Gasteiger partial charge in [0.25, 0.3) is 0 Å². The first kappa shape index (κ1) is 18.2. The van der Waals surface area contributed by atoms with Crippen molar-refractivity contribution in [1.82, 2.24) is 0 Å². The molecule has 0 heterocycles. The molecule has 1 aliphatic rings. The van der Waals surface area contributed by atoms with Crippen molar-refractivity contribution in [3.8, 4) is 11.1 Å². The molecule has 0 atom stereocenters. The molecule has 0 unspecified atom stereocenters. The number of halogens is 2. The highest BCUT2D eigenvalue weighted by molar-refractivity contribution is 5.91. The number of benzene rings is 3. The Bertz CT molecular complexity index is 978. The molecule has 1 saturated carbocycles. The summed E-state index contributed by atoms with van der Waals surface area (Å²) in [4.78, 5) is 0. The number of hydrogen-bond donors (Lipinski definition) is 0. The Morgan fingerprint density at radius 2 is 1.48 bits per heavy atom. The molecule has 140 valence electrons. The van der Waals surface area contributed by atoms with Crippen molar-refractivity contribution in [2.75, 3.05) is 0 Å². The Morgan fingerprint density at radius 3 is 2.15 bits per heavy atom. The second-order valence-electron chi connectivity index (χ2n) is 8.24. The van der Waals surface area contributed by atoms with Crippen LogP contribution in [0.2, 0.25) is 0 Å². The molecule has 0 aromatic heterocycles. The van der Waals surface area contributed by atoms with Crippen molar-refractivity contribution in [3.63, 3.8) is 0 Å². The van der Waals surface area contributed by atoms with Crippen molar-refractivity contribution in [2.24, 2.45) is 5.92 Å². The third-order valence-electron chi connectivity index (χ3n) is 6.43. The van der Waals surface area contributed by atoms with E-state index in [0.29, 0.717) is 16.9 Å². The standard InChI is InChI=1S/C25H26F2/c1-15-4-7-18(8-5-15)19-10-12-20(13-11-19)22-14-21-9-6-16(2)17(3)23(21)25(27)24(22)26/h6,9-15,18H,4-5,7-8H2,1-3H3. The van der Waals surface area contributed by atoms with Crippen LogP contribution >= 0.6 is 0 Å². The van der Waals surface area contributed by atoms with Crippen molar-refractivity contribution in [3.05, 3.63) is 70.8 Å². The summed E-state index contributed by atoms with van der Waals surface area (Å²) in [6.45, 7) is 6.09. The molecule has 3 aromatic carbocycles. The van der Waals surface area contributed by atoms with Gasteiger partial charge in [-0.25, -0.2) is 8.78 Å². The number of aryl methyl sites for hydroxylation is 2. The van der Waals surface area contributed by atoms with Crippen LogP contribution in [0.5, 0.6) is 0 Å². The van der Waals surface area contributed by atoms with E-state index in [1.54, 1.807) is 6.07 Å². The van der Waals surface area contributed by atoms with Gasteiger partial charge in [-0.3, -0.25) is 0 Å². The van der Waals surface area contributed by atoms with Crippen LogP contribution in [0.25, 0.3) is 21.9 Å². The zero-order valence-corrected chi connectivity index (χ0v) is 16.3. The molecule has 4 rings (SSSR count). The summed E-state index contributed by atoms with van der Waals surface area (Å²) >= 11 is 0. The summed E-state index contributed by atoms with van der Waals surface area (Å²) in [7, 11) is 0. The first-order chi connectivity index (χ1) is 13.0. The van der Waals surface area contributed by atoms with Crippen LogP contribution in [-0.2, 0) is 0 Å². The van der Waals surface area contributed by atoms with Crippen molar-refractivity contribution < 1.29 is 8.78 Å². The fourth-order valence-electron chi connectivity index (χ4n) is 4.43. The third-order valence-corrected chi connectivity index (χ3v) is 6.43. The normalized spacial score (nSPS) is 20.2. The molecule has 2 heteroatoms. The van der Waals surface area contributed by atoms with E-state index in [9.17, 15) is 8.78 Å². The molecular formula is C25H26F2. The summed E-state index contributed by atoms with van der Waals surface area (Å²) in [5.74, 6) is -0.0779. The van der Waals surface area contributed by atoms with Crippen molar-refractivity contribution in [1.29, 1.82) is 0 Å². The summed E-state index contributed by atoms with van der Waals surface area (Å²) in [6.07, 6.45) is 4.99. The first-order valence-electron chi connectivity index (χ1n) is 9.94. The lowest BCUT2D eigenvalue weighted by atomic mass is 9.79. The lowest BCUT2D eigenvalue weighted by Gasteiger charge is -2.26. The maximum Gasteiger partial charge on any atom is 0.167 e. The van der Waals surface area contributed by atoms with Crippen molar-refractivity contribution in [2.45, 2.75) is 52.4 Å². The smallest absolute Gasteiger partial charge is 0.167 e. The Kier molecular flexibility index (Phi) is 4.75. The van der Waals surface area contributed by atoms with Gasteiger partial charge >= 0.3 is 0 Å². The van der Waals surface area contributed by atoms with Gasteiger partial charge in [0.2, 0.25) is 0 Å². The van der Waals surface area contributed by atoms with Crippen LogP contribution in [0.4, 0.5) is 8.78 Å². The Hall–Kier alpha value is -2.22. The van der Waals surface area contributed by atoms with E-state index in [1.807, 2.05) is 38.1 Å². The fraction of sp³-hybridized carbons (Fsp3) is 0.360. The van der Waals surface area contributed by atoms with E-state index in [4.69, 9.17) is 0 Å². The Morgan fingerprint density at radius 1 is 0.815 bits per heavy atom. The molecule has 0 amide bonds. The summed E-state index contributed by atoms with van der Waals surface area (Å²) in [5, 5.41) is 1.14. The van der Waals surface area contributed by atoms with Crippen molar-refractivity contribution >= 4 is 10.8 Å². The molecule has 1 aliphatic carbocycles. The molecule has 3 aromatic rings. The second-order valence-corrected chi connectivity index (χ2v) is 8.24. The lowest BCUT2D eigenvalue weighted by molar-refractivity contribution is 0.348. The zero-order valence-electron chi connectivity index (χ0n) is 16.3. The number of rotatable bonds is 2. The van der Waals surface area contributed by atoms with Gasteiger partial charge in [-0.05, 0) is 72.2 Å². The molecule has 0 aliphatic heterocycles. The van der Waals surface area contributed by atoms with Gasteiger partial charge in [0.15, 0.2) is 11.6 Å². The monoisotopic (exact) mass is 364 g/mol. The molecule has 0 nitrogen and oxygen atoms in total. The van der Waals surface area contributed by atoms with Crippen LogP contribution in [0.3, 0.4) is 0 Å². The number of fused-ring (bicyclic) bond motifs is 1. The van der Waals surface area contributed by atoms with Crippen LogP contribution in [0.15, 0.2) is 42.5 Å². The lowest BCUT2D eigenvalue weighted by Crippen LogP contribution is -2.10. The van der Waals surface area contributed by atoms with E-state index < -0.39 is 11.6 Å². The Labute approximate surface area is 160 Å². The van der Waals surface area contributed by atoms with E-state index in [0.717, 1.165) is 28.0 Å². The first-order valence-corrected chi connectivity index (χ1v) is 9.94. The van der Waals surface area contributed by atoms with Gasteiger partial charge in [-0.15, -0.1) is 0 Å². The van der Waals surface area contributed by atoms with Gasteiger partial charge in [0, 0.05) is 10.9 Å². The average molecular weight is 364 g/mol. The van der Waals surface area contributed by atoms with Crippen LogP contribution in [0.1, 0.15) is 55.2 Å². The van der Waals surface area contributed by atoms with Crippen LogP contribution in [0, 0.1) is 31.4 Å². The van der Waals surface area contributed by atoms with Gasteiger partial charge in [-0.2, -0.15) is 0 Å². The molecular weight excluding hydrogens is 338 g/mol. The third kappa shape index (κ3) is 3.26. The van der Waals surface area contributed by atoms with Gasteiger partial charge < -0.3 is 0 Å². The van der Waals surface area contributed by atoms with Crippen LogP contribution < -0.4 is 0 Å². The second kappa shape index (κ2) is 7.07. The highest BCUT2D eigenvalue weighted by Crippen LogP contribution is 2.37. The van der Waals surface area contributed by atoms with E-state index in [1.165, 1.54) is 31.2 Å². The highest BCUT2D eigenvalue weighted by Gasteiger charge is 2.21. The largest absolute Gasteiger partial charge is 0.203 e. The average Bonchev–Trinajstić information content (AvgIpc) is 2.68. The SMILES string of the molecule is Cc1ccc2cc(-c3ccc(C4CCC(C)CC4)cc3)c(F)c(F)c2c1C. The topological polar surface area (TPSA) is 0 Å². The predicted molar refractivity (Wildman–Crippen MR) is 109 cm³/mol. The van der Waals surface area contributed by atoms with E-state index in [-0.39, 0.29) is 0 Å². The minimum atomic E-state index is -0.754. The minimum absolute atomic E-state index is 0.340. The van der Waals surface area contributed by atoms with Gasteiger partial charge in [0.05, 0.1) is 0 Å². The molecule has 0 spiro atoms. The summed E-state index contributed by atoms with van der Waals surface area (Å²) in [5.41, 5.74) is 4.17.